The zero-order chi connectivity index (χ0) is 28.2. The Bertz CT molecular complexity index is 1180. The molecule has 0 heterocycles. The average Bonchev–Trinajstić information content (AvgIpc) is 3.29. The Balaban J connectivity index is 1.53. The fourth-order valence-electron chi connectivity index (χ4n) is 8.56. The number of hydrogen-bond donors (Lipinski definition) is 0. The summed E-state index contributed by atoms with van der Waals surface area (Å²) in [5.74, 6) is 0.632. The van der Waals surface area contributed by atoms with Crippen LogP contribution in [0.25, 0.3) is 0 Å². The molecule has 4 aliphatic rings. The quantitative estimate of drug-likeness (QED) is 0.291. The topological polar surface area (TPSA) is 63.7 Å². The van der Waals surface area contributed by atoms with Crippen molar-refractivity contribution in [3.05, 3.63) is 47.0 Å². The van der Waals surface area contributed by atoms with Crippen molar-refractivity contribution in [3.8, 4) is 0 Å². The molecule has 0 bridgehead atoms. The van der Waals surface area contributed by atoms with Crippen molar-refractivity contribution in [1.29, 1.82) is 0 Å². The monoisotopic (exact) mass is 545 g/mol. The molecule has 39 heavy (non-hydrogen) atoms. The predicted molar refractivity (Wildman–Crippen MR) is 139 cm³/mol. The summed E-state index contributed by atoms with van der Waals surface area (Å²) in [5, 5.41) is 0. The number of halogens is 3. The van der Waals surface area contributed by atoms with Gasteiger partial charge in [0.05, 0.1) is 11.6 Å². The van der Waals surface area contributed by atoms with Crippen LogP contribution in [-0.4, -0.2) is 28.8 Å². The largest absolute Gasteiger partial charge is 0.418 e. The molecule has 212 valence electrons. The predicted octanol–water partition coefficient (Wildman–Crippen LogP) is 7.48. The van der Waals surface area contributed by atoms with Crippen molar-refractivity contribution in [2.75, 3.05) is 0 Å². The van der Waals surface area contributed by atoms with Gasteiger partial charge < -0.3 is 4.74 Å². The van der Waals surface area contributed by atoms with E-state index in [4.69, 9.17) is 4.74 Å². The van der Waals surface area contributed by atoms with Gasteiger partial charge in [0.15, 0.2) is 5.78 Å². The molecule has 1 amide bonds. The van der Waals surface area contributed by atoms with Crippen LogP contribution in [0, 0.1) is 28.6 Å². The highest BCUT2D eigenvalue weighted by atomic mass is 19.4. The van der Waals surface area contributed by atoms with Crippen molar-refractivity contribution < 1.29 is 32.3 Å². The van der Waals surface area contributed by atoms with Gasteiger partial charge in [-0.15, -0.1) is 0 Å². The number of nitrogens with zero attached hydrogens (tertiary/aromatic N) is 1. The number of ketones is 1. The highest BCUT2D eigenvalue weighted by molar-refractivity contribution is 5.93. The molecule has 6 atom stereocenters. The summed E-state index contributed by atoms with van der Waals surface area (Å²) in [6.07, 6.45) is 4.20. The van der Waals surface area contributed by atoms with Crippen LogP contribution in [-0.2, 0) is 27.0 Å². The fourth-order valence-corrected chi connectivity index (χ4v) is 8.56. The minimum atomic E-state index is -4.47. The normalized spacial score (nSPS) is 33.9. The van der Waals surface area contributed by atoms with Gasteiger partial charge in [0.1, 0.15) is 0 Å². The molecule has 5 nitrogen and oxygen atoms in total. The summed E-state index contributed by atoms with van der Waals surface area (Å²) in [6.45, 7) is 6.13. The zero-order valence-electron chi connectivity index (χ0n) is 23.0. The molecule has 0 N–H and O–H groups in total. The van der Waals surface area contributed by atoms with E-state index in [1.165, 1.54) is 36.3 Å². The maximum Gasteiger partial charge on any atom is 0.418 e. The van der Waals surface area contributed by atoms with E-state index in [2.05, 4.69) is 13.8 Å². The minimum absolute atomic E-state index is 0.0108. The van der Waals surface area contributed by atoms with Crippen LogP contribution in [0.2, 0.25) is 0 Å². The van der Waals surface area contributed by atoms with Gasteiger partial charge in [-0.2, -0.15) is 13.2 Å². The number of carbonyl (C=O) groups is 3. The lowest BCUT2D eigenvalue weighted by Crippen LogP contribution is -2.60. The molecule has 0 spiro atoms. The lowest BCUT2D eigenvalue weighted by atomic mass is 9.46. The van der Waals surface area contributed by atoms with Gasteiger partial charge in [-0.05, 0) is 85.5 Å². The molecule has 8 heteroatoms. The van der Waals surface area contributed by atoms with E-state index in [1.807, 2.05) is 0 Å². The average molecular weight is 546 g/mol. The van der Waals surface area contributed by atoms with E-state index in [0.29, 0.717) is 22.8 Å². The first-order valence-electron chi connectivity index (χ1n) is 14.3. The molecule has 4 aliphatic carbocycles. The van der Waals surface area contributed by atoms with Gasteiger partial charge in [0, 0.05) is 24.8 Å². The summed E-state index contributed by atoms with van der Waals surface area (Å²) < 4.78 is 44.7. The SMILES string of the molecule is CCC(=O)OC(=O)N(Cc1ccc(C(F)(F)F)cc1)C1CC(=O)C=C2CC[C@H]3[C@@H]4CCC[C@@]4(C)CC[C@@H]3[C@]21C. The standard InChI is InChI=1S/C31H38F3NO4/c1-4-27(37)39-28(38)35(18-19-7-9-20(10-8-19)31(32,33)34)26-17-22(36)16-21-11-12-23-24-6-5-14-29(24,2)15-13-25(23)30(21,26)3/h7-10,16,23-26H,4-6,11-15,17-18H2,1-3H3/t23-,24-,25-,26?,29-,30-/m0/s1. The smallest absolute Gasteiger partial charge is 0.376 e. The molecule has 0 saturated heterocycles. The van der Waals surface area contributed by atoms with Crippen molar-refractivity contribution in [2.45, 2.75) is 97.3 Å². The van der Waals surface area contributed by atoms with Gasteiger partial charge in [0.25, 0.3) is 0 Å². The molecular weight excluding hydrogens is 507 g/mol. The molecule has 5 rings (SSSR count). The molecule has 0 aromatic heterocycles. The third-order valence-corrected chi connectivity index (χ3v) is 10.6. The number of alkyl halides is 3. The number of esters is 1. The number of fused-ring (bicyclic) bond motifs is 5. The maximum atomic E-state index is 13.5. The van der Waals surface area contributed by atoms with E-state index >= 15 is 0 Å². The van der Waals surface area contributed by atoms with Gasteiger partial charge >= 0.3 is 18.2 Å². The second-order valence-corrected chi connectivity index (χ2v) is 12.6. The summed E-state index contributed by atoms with van der Waals surface area (Å²) >= 11 is 0. The van der Waals surface area contributed by atoms with E-state index in [1.54, 1.807) is 13.0 Å². The van der Waals surface area contributed by atoms with Crippen molar-refractivity contribution in [2.24, 2.45) is 28.6 Å². The number of carbonyl (C=O) groups excluding carboxylic acids is 3. The maximum absolute atomic E-state index is 13.5. The number of benzene rings is 1. The molecule has 1 aromatic rings. The molecule has 3 fully saturated rings. The second kappa shape index (κ2) is 10.1. The van der Waals surface area contributed by atoms with Gasteiger partial charge in [-0.3, -0.25) is 14.5 Å². The Morgan fingerprint density at radius 3 is 2.44 bits per heavy atom. The highest BCUT2D eigenvalue weighted by Crippen LogP contribution is 2.65. The van der Waals surface area contributed by atoms with E-state index < -0.39 is 35.3 Å². The number of hydrogen-bond acceptors (Lipinski definition) is 4. The Labute approximate surface area is 228 Å². The molecule has 1 aromatic carbocycles. The summed E-state index contributed by atoms with van der Waals surface area (Å²) in [5.41, 5.74) is 0.615. The van der Waals surface area contributed by atoms with Crippen LogP contribution in [0.5, 0.6) is 0 Å². The van der Waals surface area contributed by atoms with Crippen LogP contribution in [0.1, 0.15) is 89.7 Å². The summed E-state index contributed by atoms with van der Waals surface area (Å²) in [4.78, 5) is 40.2. The molecule has 1 unspecified atom stereocenters. The molecular formula is C31H38F3NO4. The number of rotatable bonds is 4. The minimum Gasteiger partial charge on any atom is -0.376 e. The Morgan fingerprint density at radius 2 is 1.77 bits per heavy atom. The van der Waals surface area contributed by atoms with Crippen LogP contribution in [0.3, 0.4) is 0 Å². The lowest BCUT2D eigenvalue weighted by molar-refractivity contribution is -0.140. The van der Waals surface area contributed by atoms with E-state index in [9.17, 15) is 27.6 Å². The zero-order valence-corrected chi connectivity index (χ0v) is 23.0. The number of ether oxygens (including phenoxy) is 1. The van der Waals surface area contributed by atoms with Crippen molar-refractivity contribution in [1.82, 2.24) is 4.90 Å². The first kappa shape index (κ1) is 27.9. The molecule has 3 saturated carbocycles. The highest BCUT2D eigenvalue weighted by Gasteiger charge is 2.60. The Morgan fingerprint density at radius 1 is 1.05 bits per heavy atom. The second-order valence-electron chi connectivity index (χ2n) is 12.6. The third kappa shape index (κ3) is 4.93. The van der Waals surface area contributed by atoms with Crippen molar-refractivity contribution in [3.63, 3.8) is 0 Å². The lowest BCUT2D eigenvalue weighted by Gasteiger charge is -2.60. The van der Waals surface area contributed by atoms with Gasteiger partial charge in [0.2, 0.25) is 0 Å². The van der Waals surface area contributed by atoms with Crippen molar-refractivity contribution >= 4 is 17.8 Å². The molecule has 0 aliphatic heterocycles. The van der Waals surface area contributed by atoms with E-state index in [-0.39, 0.29) is 31.1 Å². The van der Waals surface area contributed by atoms with Gasteiger partial charge in [-0.25, -0.2) is 4.79 Å². The third-order valence-electron chi connectivity index (χ3n) is 10.6. The fraction of sp³-hybridized carbons (Fsp3) is 0.645. The van der Waals surface area contributed by atoms with Crippen LogP contribution < -0.4 is 0 Å². The van der Waals surface area contributed by atoms with E-state index in [0.717, 1.165) is 43.4 Å². The first-order chi connectivity index (χ1) is 18.4. The first-order valence-corrected chi connectivity index (χ1v) is 14.3. The summed E-state index contributed by atoms with van der Waals surface area (Å²) in [6, 6.07) is 4.13. The van der Waals surface area contributed by atoms with Crippen LogP contribution >= 0.6 is 0 Å². The number of amides is 1. The van der Waals surface area contributed by atoms with Crippen LogP contribution in [0.4, 0.5) is 18.0 Å². The Hall–Kier alpha value is -2.64. The molecule has 0 radical (unpaired) electrons. The van der Waals surface area contributed by atoms with Gasteiger partial charge in [-0.1, -0.05) is 44.9 Å². The van der Waals surface area contributed by atoms with Crippen LogP contribution in [0.15, 0.2) is 35.9 Å². The summed E-state index contributed by atoms with van der Waals surface area (Å²) in [7, 11) is 0. The Kier molecular flexibility index (Phi) is 7.21.